The number of aliphatic hydroxyl groups is 2. The highest BCUT2D eigenvalue weighted by atomic mass is 16.6. The molecule has 0 aromatic carbocycles. The van der Waals surface area contributed by atoms with Crippen LogP contribution in [0.4, 0.5) is 0 Å². The summed E-state index contributed by atoms with van der Waals surface area (Å²) >= 11 is 0. The van der Waals surface area contributed by atoms with Gasteiger partial charge in [-0.2, -0.15) is 0 Å². The molecule has 0 aliphatic carbocycles. The Morgan fingerprint density at radius 1 is 0.319 bits per heavy atom. The van der Waals surface area contributed by atoms with Crippen LogP contribution in [0.25, 0.3) is 0 Å². The number of rotatable bonds is 42. The van der Waals surface area contributed by atoms with E-state index < -0.39 is 18.0 Å². The number of ether oxygens (including phenoxy) is 13. The summed E-state index contributed by atoms with van der Waals surface area (Å²) in [4.78, 5) is 19.2. The summed E-state index contributed by atoms with van der Waals surface area (Å²) in [5, 5.41) is 34.2. The SMILES string of the molecule is C=C(C)C(=O)O.C=C(C)C(=O)O.CC(O)COC(C)COC(C)COC(C)COC(C)COC(C)COC(C)COC(C)COC(C)COC(C)COC(C)COC(C)COC(C)COC(C)CO. The van der Waals surface area contributed by atoms with Crippen LogP contribution in [-0.2, 0) is 71.2 Å². The summed E-state index contributed by atoms with van der Waals surface area (Å²) in [5.41, 5.74) is 0.352. The lowest BCUT2D eigenvalue weighted by Crippen LogP contribution is -2.31. The van der Waals surface area contributed by atoms with E-state index in [1.165, 1.54) is 13.8 Å². The fourth-order valence-electron chi connectivity index (χ4n) is 4.53. The van der Waals surface area contributed by atoms with E-state index in [0.29, 0.717) is 85.9 Å². The summed E-state index contributed by atoms with van der Waals surface area (Å²) in [7, 11) is 0. The van der Waals surface area contributed by atoms with Gasteiger partial charge in [-0.1, -0.05) is 13.2 Å². The minimum absolute atomic E-state index is 0.00876. The highest BCUT2D eigenvalue weighted by Crippen LogP contribution is 2.08. The van der Waals surface area contributed by atoms with Gasteiger partial charge in [0.05, 0.1) is 178 Å². The number of hydrogen-bond donors (Lipinski definition) is 4. The van der Waals surface area contributed by atoms with Crippen LogP contribution in [0.5, 0.6) is 0 Å². The zero-order valence-corrected chi connectivity index (χ0v) is 45.3. The molecule has 0 fully saturated rings. The van der Waals surface area contributed by atoms with Gasteiger partial charge >= 0.3 is 11.9 Å². The Hall–Kier alpha value is -2.18. The van der Waals surface area contributed by atoms with Crippen molar-refractivity contribution in [2.24, 2.45) is 0 Å². The van der Waals surface area contributed by atoms with E-state index in [0.717, 1.165) is 0 Å². The Kier molecular flexibility index (Phi) is 45.9. The summed E-state index contributed by atoms with van der Waals surface area (Å²) in [6, 6.07) is 0. The van der Waals surface area contributed by atoms with Crippen LogP contribution < -0.4 is 0 Å². The molecule has 19 heteroatoms. The third-order valence-corrected chi connectivity index (χ3v) is 8.99. The monoisotopic (exact) mass is 1000 g/mol. The third-order valence-electron chi connectivity index (χ3n) is 8.99. The number of aliphatic hydroxyl groups excluding tert-OH is 2. The molecule has 14 unspecified atom stereocenters. The zero-order chi connectivity index (χ0) is 53.5. The van der Waals surface area contributed by atoms with Gasteiger partial charge in [0.2, 0.25) is 0 Å². The van der Waals surface area contributed by atoms with E-state index in [2.05, 4.69) is 13.2 Å². The lowest BCUT2D eigenvalue weighted by Gasteiger charge is -2.23. The molecule has 0 saturated heterocycles. The van der Waals surface area contributed by atoms with Crippen LogP contribution >= 0.6 is 0 Å². The van der Waals surface area contributed by atoms with Gasteiger partial charge in [-0.15, -0.1) is 0 Å². The number of hydrogen-bond acceptors (Lipinski definition) is 17. The van der Waals surface area contributed by atoms with Crippen molar-refractivity contribution >= 4 is 11.9 Å². The van der Waals surface area contributed by atoms with Crippen LogP contribution in [0.3, 0.4) is 0 Å². The molecule has 0 rings (SSSR count). The first-order chi connectivity index (χ1) is 32.2. The van der Waals surface area contributed by atoms with Crippen molar-refractivity contribution in [1.82, 2.24) is 0 Å². The maximum Gasteiger partial charge on any atom is 0.330 e. The predicted molar refractivity (Wildman–Crippen MR) is 264 cm³/mol. The smallest absolute Gasteiger partial charge is 0.330 e. The van der Waals surface area contributed by atoms with Crippen LogP contribution in [0.15, 0.2) is 24.3 Å². The molecule has 14 atom stereocenters. The van der Waals surface area contributed by atoms with Crippen LogP contribution in [0.2, 0.25) is 0 Å². The van der Waals surface area contributed by atoms with E-state index in [1.54, 1.807) is 6.92 Å². The van der Waals surface area contributed by atoms with Gasteiger partial charge in [0.15, 0.2) is 0 Å². The van der Waals surface area contributed by atoms with Gasteiger partial charge in [0, 0.05) is 11.1 Å². The van der Waals surface area contributed by atoms with Gasteiger partial charge in [0.25, 0.3) is 0 Å². The van der Waals surface area contributed by atoms with E-state index in [-0.39, 0.29) is 97.1 Å². The molecule has 0 amide bonds. The lowest BCUT2D eigenvalue weighted by atomic mass is 10.3. The summed E-state index contributed by atoms with van der Waals surface area (Å²) in [6.07, 6.45) is -1.79. The fraction of sp³-hybridized carbons (Fsp3) is 0.880. The summed E-state index contributed by atoms with van der Waals surface area (Å²) in [5.74, 6) is -1.87. The van der Waals surface area contributed by atoms with E-state index in [9.17, 15) is 14.7 Å². The zero-order valence-electron chi connectivity index (χ0n) is 45.3. The van der Waals surface area contributed by atoms with Gasteiger partial charge in [-0.05, 0) is 111 Å². The van der Waals surface area contributed by atoms with Gasteiger partial charge in [-0.25, -0.2) is 9.59 Å². The molecule has 0 aliphatic rings. The van der Waals surface area contributed by atoms with Crippen molar-refractivity contribution < 1.29 is 91.6 Å². The molecule has 0 saturated carbocycles. The molecule has 4 N–H and O–H groups in total. The first-order valence-corrected chi connectivity index (χ1v) is 24.3. The second-order valence-electron chi connectivity index (χ2n) is 18.1. The first-order valence-electron chi connectivity index (χ1n) is 24.3. The van der Waals surface area contributed by atoms with E-state index in [1.807, 2.05) is 90.0 Å². The Labute approximate surface area is 415 Å². The van der Waals surface area contributed by atoms with Crippen molar-refractivity contribution in [1.29, 1.82) is 0 Å². The van der Waals surface area contributed by atoms with Crippen molar-refractivity contribution in [3.8, 4) is 0 Å². The van der Waals surface area contributed by atoms with Crippen LogP contribution in [-0.4, -0.2) is 210 Å². The van der Waals surface area contributed by atoms with Crippen molar-refractivity contribution in [2.45, 2.75) is 196 Å². The van der Waals surface area contributed by atoms with Crippen molar-refractivity contribution in [3.63, 3.8) is 0 Å². The maximum atomic E-state index is 9.60. The highest BCUT2D eigenvalue weighted by molar-refractivity contribution is 5.85. The Balaban J connectivity index is -0.00000318. The highest BCUT2D eigenvalue weighted by Gasteiger charge is 2.17. The van der Waals surface area contributed by atoms with Crippen LogP contribution in [0.1, 0.15) is 111 Å². The quantitative estimate of drug-likeness (QED) is 0.0520. The number of carbonyl (C=O) groups is 2. The molecule has 0 aromatic heterocycles. The third kappa shape index (κ3) is 50.6. The molecule has 0 spiro atoms. The van der Waals surface area contributed by atoms with Crippen molar-refractivity contribution in [2.75, 3.05) is 92.5 Å². The maximum absolute atomic E-state index is 9.60. The largest absolute Gasteiger partial charge is 0.478 e. The number of aliphatic carboxylic acids is 2. The van der Waals surface area contributed by atoms with Crippen LogP contribution in [0, 0.1) is 0 Å². The average molecular weight is 1000 g/mol. The van der Waals surface area contributed by atoms with E-state index in [4.69, 9.17) is 76.9 Å². The second kappa shape index (κ2) is 44.5. The first kappa shape index (κ1) is 71.1. The Morgan fingerprint density at radius 3 is 0.536 bits per heavy atom. The molecule has 0 radical (unpaired) electrons. The topological polar surface area (TPSA) is 235 Å². The number of carboxylic acid groups (broad SMARTS) is 2. The molecule has 19 nitrogen and oxygen atoms in total. The Bertz CT molecular complexity index is 1210. The molecule has 69 heavy (non-hydrogen) atoms. The number of carboxylic acids is 2. The lowest BCUT2D eigenvalue weighted by molar-refractivity contribution is -0.133. The second-order valence-corrected chi connectivity index (χ2v) is 18.1. The van der Waals surface area contributed by atoms with Gasteiger partial charge < -0.3 is 82.0 Å². The predicted octanol–water partition coefficient (Wildman–Crippen LogP) is 5.92. The molecule has 0 aliphatic heterocycles. The summed E-state index contributed by atoms with van der Waals surface area (Å²) < 4.78 is 75.9. The fourth-order valence-corrected chi connectivity index (χ4v) is 4.53. The van der Waals surface area contributed by atoms with Gasteiger partial charge in [-0.3, -0.25) is 0 Å². The average Bonchev–Trinajstić information content (AvgIpc) is 3.29. The van der Waals surface area contributed by atoms with Crippen molar-refractivity contribution in [3.05, 3.63) is 24.3 Å². The minimum atomic E-state index is -0.935. The summed E-state index contributed by atoms with van der Waals surface area (Å²) in [6.45, 7) is 41.9. The normalized spacial score (nSPS) is 17.7. The van der Waals surface area contributed by atoms with Gasteiger partial charge in [0.1, 0.15) is 0 Å². The van der Waals surface area contributed by atoms with E-state index >= 15 is 0 Å². The molecular weight excluding hydrogens is 905 g/mol. The standard InChI is InChI=1S/C42H86O15.2C4H6O2/c1-29(44)16-45-31(3)18-47-33(5)20-49-35(7)22-51-37(9)24-53-39(11)26-55-41(13)28-57-42(14)27-56-40(12)25-54-38(10)23-52-36(8)21-50-34(6)19-48-32(4)17-46-30(2)15-43;2*1-3(2)4(5)6/h29-44H,15-28H2,1-14H3;2*1H2,2H3,(H,5,6). The molecular formula is C50H98O19. The molecule has 412 valence electrons. The Morgan fingerprint density at radius 2 is 0.435 bits per heavy atom. The molecule has 0 heterocycles. The molecule has 0 aromatic rings. The molecule has 0 bridgehead atoms. The minimum Gasteiger partial charge on any atom is -0.478 e.